The zero-order chi connectivity index (χ0) is 11.7. The van der Waals surface area contributed by atoms with Crippen molar-refractivity contribution >= 4 is 6.29 Å². The summed E-state index contributed by atoms with van der Waals surface area (Å²) in [5, 5.41) is 0. The van der Waals surface area contributed by atoms with Crippen molar-refractivity contribution in [1.82, 2.24) is 0 Å². The molecule has 4 nitrogen and oxygen atoms in total. The average molecular weight is 226 g/mol. The van der Waals surface area contributed by atoms with E-state index < -0.39 is 17.0 Å². The van der Waals surface area contributed by atoms with E-state index >= 15 is 0 Å². The number of hydrogen-bond acceptors (Lipinski definition) is 4. The number of rotatable bonds is 1. The number of ether oxygens (including phenoxy) is 3. The minimum absolute atomic E-state index is 0.244. The van der Waals surface area contributed by atoms with Crippen molar-refractivity contribution in [3.63, 3.8) is 0 Å². The molecule has 0 radical (unpaired) electrons. The molecule has 4 heteroatoms. The van der Waals surface area contributed by atoms with Crippen molar-refractivity contribution in [2.24, 2.45) is 5.41 Å². The molecule has 0 N–H and O–H groups in total. The number of hydrogen-bond donors (Lipinski definition) is 0. The zero-order valence-corrected chi connectivity index (χ0v) is 10.0. The van der Waals surface area contributed by atoms with Gasteiger partial charge < -0.3 is 14.2 Å². The number of carbonyl (C=O) groups is 1. The average Bonchev–Trinajstić information content (AvgIpc) is 2.56. The molecule has 16 heavy (non-hydrogen) atoms. The Bertz CT molecular complexity index is 345. The van der Waals surface area contributed by atoms with Crippen LogP contribution in [0.2, 0.25) is 0 Å². The Balaban J connectivity index is 1.98. The minimum atomic E-state index is -0.638. The molecule has 90 valence electrons. The van der Waals surface area contributed by atoms with E-state index in [9.17, 15) is 4.79 Å². The fraction of sp³-hybridized carbons (Fsp3) is 0.917. The maximum atomic E-state index is 11.3. The first-order valence-corrected chi connectivity index (χ1v) is 5.83. The molecule has 0 aromatic heterocycles. The molecule has 0 aromatic rings. The molecular formula is C12H18O4. The summed E-state index contributed by atoms with van der Waals surface area (Å²) in [6.07, 6.45) is 2.34. The number of fused-ring (bicyclic) bond motifs is 1. The van der Waals surface area contributed by atoms with E-state index in [0.717, 1.165) is 6.29 Å². The van der Waals surface area contributed by atoms with Gasteiger partial charge in [0.15, 0.2) is 17.7 Å². The second kappa shape index (κ2) is 2.68. The van der Waals surface area contributed by atoms with Crippen LogP contribution in [0.15, 0.2) is 0 Å². The molecule has 3 fully saturated rings. The van der Waals surface area contributed by atoms with Crippen LogP contribution < -0.4 is 0 Å². The predicted molar refractivity (Wildman–Crippen MR) is 55.9 cm³/mol. The number of aldehydes is 1. The third kappa shape index (κ3) is 1.03. The van der Waals surface area contributed by atoms with Crippen LogP contribution in [-0.4, -0.2) is 36.5 Å². The summed E-state index contributed by atoms with van der Waals surface area (Å²) < 4.78 is 17.3. The van der Waals surface area contributed by atoms with Crippen LogP contribution in [0.4, 0.5) is 0 Å². The Labute approximate surface area is 95.2 Å². The summed E-state index contributed by atoms with van der Waals surface area (Å²) in [6.45, 7) is 7.37. The van der Waals surface area contributed by atoms with Crippen LogP contribution >= 0.6 is 0 Å². The molecule has 3 aliphatic rings. The van der Waals surface area contributed by atoms with E-state index in [-0.39, 0.29) is 5.41 Å². The Morgan fingerprint density at radius 2 is 1.69 bits per heavy atom. The fourth-order valence-electron chi connectivity index (χ4n) is 3.74. The highest BCUT2D eigenvalue weighted by molar-refractivity contribution is 5.72. The summed E-state index contributed by atoms with van der Waals surface area (Å²) in [6, 6.07) is 0. The van der Waals surface area contributed by atoms with Crippen molar-refractivity contribution in [3.8, 4) is 0 Å². The quantitative estimate of drug-likeness (QED) is 0.499. The van der Waals surface area contributed by atoms with Gasteiger partial charge in [-0.15, -0.1) is 0 Å². The first kappa shape index (κ1) is 10.7. The summed E-state index contributed by atoms with van der Waals surface area (Å²) in [5.74, 6) is -0.527. The van der Waals surface area contributed by atoms with Gasteiger partial charge in [0, 0.05) is 18.3 Å². The molecule has 2 saturated heterocycles. The van der Waals surface area contributed by atoms with Crippen LogP contribution in [-0.2, 0) is 19.0 Å². The van der Waals surface area contributed by atoms with Crippen LogP contribution in [0.3, 0.4) is 0 Å². The van der Waals surface area contributed by atoms with Crippen molar-refractivity contribution in [3.05, 3.63) is 0 Å². The van der Waals surface area contributed by atoms with E-state index in [1.165, 1.54) is 0 Å². The number of epoxide rings is 1. The van der Waals surface area contributed by atoms with Crippen LogP contribution in [0.1, 0.15) is 33.6 Å². The highest BCUT2D eigenvalue weighted by Crippen LogP contribution is 2.67. The van der Waals surface area contributed by atoms with Crippen molar-refractivity contribution in [2.75, 3.05) is 13.2 Å². The maximum absolute atomic E-state index is 11.3. The molecule has 1 saturated carbocycles. The van der Waals surface area contributed by atoms with Crippen LogP contribution in [0.25, 0.3) is 0 Å². The fourth-order valence-corrected chi connectivity index (χ4v) is 3.74. The van der Waals surface area contributed by atoms with Gasteiger partial charge in [-0.25, -0.2) is 0 Å². The van der Waals surface area contributed by atoms with E-state index in [0.29, 0.717) is 26.1 Å². The lowest BCUT2D eigenvalue weighted by Crippen LogP contribution is -2.54. The molecule has 0 bridgehead atoms. The van der Waals surface area contributed by atoms with Gasteiger partial charge in [0.05, 0.1) is 13.2 Å². The topological polar surface area (TPSA) is 48.1 Å². The number of carbonyl (C=O) groups excluding carboxylic acids is 1. The highest BCUT2D eigenvalue weighted by Gasteiger charge is 2.79. The molecule has 1 spiro atoms. The Kier molecular flexibility index (Phi) is 1.79. The lowest BCUT2D eigenvalue weighted by Gasteiger charge is -2.43. The standard InChI is InChI=1S/C12H18O4/c1-9(2)6-11(14-4-5-15-11)7-10(3)12(9,8-13)16-10/h8H,4-7H2,1-3H3. The normalized spacial score (nSPS) is 47.7. The van der Waals surface area contributed by atoms with Gasteiger partial charge in [0.2, 0.25) is 0 Å². The van der Waals surface area contributed by atoms with Gasteiger partial charge in [-0.3, -0.25) is 4.79 Å². The van der Waals surface area contributed by atoms with Gasteiger partial charge in [0.25, 0.3) is 0 Å². The molecule has 2 atom stereocenters. The molecule has 2 heterocycles. The predicted octanol–water partition coefficient (Wildman–Crippen LogP) is 1.28. The molecule has 2 unspecified atom stereocenters. The third-order valence-corrected chi connectivity index (χ3v) is 4.43. The molecule has 0 amide bonds. The second-order valence-corrected chi connectivity index (χ2v) is 6.03. The van der Waals surface area contributed by atoms with Gasteiger partial charge >= 0.3 is 0 Å². The molecule has 2 aliphatic heterocycles. The van der Waals surface area contributed by atoms with Gasteiger partial charge in [-0.05, 0) is 6.92 Å². The molecule has 1 aliphatic carbocycles. The van der Waals surface area contributed by atoms with Crippen LogP contribution in [0, 0.1) is 5.41 Å². The summed E-state index contributed by atoms with van der Waals surface area (Å²) in [5.41, 5.74) is -1.30. The molecule has 3 rings (SSSR count). The second-order valence-electron chi connectivity index (χ2n) is 6.03. The van der Waals surface area contributed by atoms with E-state index in [2.05, 4.69) is 13.8 Å². The van der Waals surface area contributed by atoms with E-state index in [1.807, 2.05) is 6.92 Å². The van der Waals surface area contributed by atoms with Gasteiger partial charge in [-0.1, -0.05) is 13.8 Å². The van der Waals surface area contributed by atoms with Crippen LogP contribution in [0.5, 0.6) is 0 Å². The largest absolute Gasteiger partial charge is 0.354 e. The highest BCUT2D eigenvalue weighted by atomic mass is 16.7. The Morgan fingerprint density at radius 3 is 2.19 bits per heavy atom. The molecular weight excluding hydrogens is 208 g/mol. The zero-order valence-electron chi connectivity index (χ0n) is 10.0. The first-order chi connectivity index (χ1) is 7.39. The summed E-state index contributed by atoms with van der Waals surface area (Å²) >= 11 is 0. The van der Waals surface area contributed by atoms with E-state index in [1.54, 1.807) is 0 Å². The monoisotopic (exact) mass is 226 g/mol. The van der Waals surface area contributed by atoms with Gasteiger partial charge in [-0.2, -0.15) is 0 Å². The Morgan fingerprint density at radius 1 is 1.06 bits per heavy atom. The lowest BCUT2D eigenvalue weighted by molar-refractivity contribution is -0.202. The lowest BCUT2D eigenvalue weighted by atomic mass is 9.62. The summed E-state index contributed by atoms with van der Waals surface area (Å²) in [4.78, 5) is 11.3. The Hall–Kier alpha value is -0.450. The smallest absolute Gasteiger partial charge is 0.172 e. The molecule has 0 aromatic carbocycles. The van der Waals surface area contributed by atoms with Gasteiger partial charge in [0.1, 0.15) is 5.60 Å². The first-order valence-electron chi connectivity index (χ1n) is 5.83. The van der Waals surface area contributed by atoms with Crippen molar-refractivity contribution in [2.45, 2.75) is 50.6 Å². The van der Waals surface area contributed by atoms with Crippen molar-refractivity contribution in [1.29, 1.82) is 0 Å². The maximum Gasteiger partial charge on any atom is 0.172 e. The minimum Gasteiger partial charge on any atom is -0.354 e. The SMILES string of the molecule is CC1(C)CC2(CC3(C)OC13C=O)OCCO2. The summed E-state index contributed by atoms with van der Waals surface area (Å²) in [7, 11) is 0. The third-order valence-electron chi connectivity index (χ3n) is 4.43. The van der Waals surface area contributed by atoms with E-state index in [4.69, 9.17) is 14.2 Å². The van der Waals surface area contributed by atoms with Crippen molar-refractivity contribution < 1.29 is 19.0 Å².